The van der Waals surface area contributed by atoms with E-state index in [4.69, 9.17) is 12.2 Å². The summed E-state index contributed by atoms with van der Waals surface area (Å²) in [4.78, 5) is 10.6. The second kappa shape index (κ2) is 5.46. The zero-order chi connectivity index (χ0) is 13.0. The zero-order valence-electron chi connectivity index (χ0n) is 9.57. The van der Waals surface area contributed by atoms with E-state index >= 15 is 0 Å². The number of anilines is 1. The number of fused-ring (bicyclic) bond motifs is 1. The van der Waals surface area contributed by atoms with Gasteiger partial charge in [0, 0.05) is 18.0 Å². The second-order valence-electron chi connectivity index (χ2n) is 3.65. The number of rotatable bonds is 1. The fraction of sp³-hybridized carbons (Fsp3) is 0. The minimum absolute atomic E-state index is 0.309. The SMILES string of the molecule is [CH2]C(=O)NNC(=S)Nc1cccc2ccccc12. The fourth-order valence-electron chi connectivity index (χ4n) is 1.61. The minimum Gasteiger partial charge on any atom is -0.331 e. The highest BCUT2D eigenvalue weighted by atomic mass is 32.1. The van der Waals surface area contributed by atoms with Crippen LogP contribution in [0.5, 0.6) is 0 Å². The van der Waals surface area contributed by atoms with Crippen LogP contribution in [0.25, 0.3) is 10.8 Å². The molecule has 2 aromatic rings. The van der Waals surface area contributed by atoms with Crippen LogP contribution in [0.4, 0.5) is 5.69 Å². The summed E-state index contributed by atoms with van der Waals surface area (Å²) in [6.07, 6.45) is 0. The van der Waals surface area contributed by atoms with Gasteiger partial charge in [0.2, 0.25) is 5.91 Å². The zero-order valence-corrected chi connectivity index (χ0v) is 10.4. The maximum absolute atomic E-state index is 10.6. The second-order valence-corrected chi connectivity index (χ2v) is 4.06. The van der Waals surface area contributed by atoms with E-state index in [9.17, 15) is 4.79 Å². The van der Waals surface area contributed by atoms with Crippen LogP contribution in [0.15, 0.2) is 42.5 Å². The van der Waals surface area contributed by atoms with Crippen molar-refractivity contribution in [3.8, 4) is 0 Å². The molecule has 2 rings (SSSR count). The van der Waals surface area contributed by atoms with Crippen molar-refractivity contribution in [1.82, 2.24) is 10.9 Å². The van der Waals surface area contributed by atoms with Gasteiger partial charge in [-0.15, -0.1) is 0 Å². The van der Waals surface area contributed by atoms with Gasteiger partial charge in [-0.1, -0.05) is 36.4 Å². The van der Waals surface area contributed by atoms with Crippen LogP contribution in [0.2, 0.25) is 0 Å². The lowest BCUT2D eigenvalue weighted by Crippen LogP contribution is -2.42. The Morgan fingerprint density at radius 3 is 2.56 bits per heavy atom. The molecule has 4 nitrogen and oxygen atoms in total. The normalized spacial score (nSPS) is 9.83. The number of hydrogen-bond acceptors (Lipinski definition) is 2. The van der Waals surface area contributed by atoms with Gasteiger partial charge in [0.05, 0.1) is 0 Å². The molecular weight excluding hydrogens is 246 g/mol. The summed E-state index contributed by atoms with van der Waals surface area (Å²) in [6, 6.07) is 13.8. The third kappa shape index (κ3) is 2.95. The summed E-state index contributed by atoms with van der Waals surface area (Å²) in [5, 5.41) is 5.50. The number of carbonyl (C=O) groups is 1. The molecule has 0 heterocycles. The molecule has 0 fully saturated rings. The van der Waals surface area contributed by atoms with Crippen molar-refractivity contribution in [3.05, 3.63) is 49.4 Å². The van der Waals surface area contributed by atoms with Gasteiger partial charge in [0.15, 0.2) is 5.11 Å². The standard InChI is InChI=1S/C13H12N3OS/c1-9(17)15-16-13(18)14-12-8-4-6-10-5-2-3-7-11(10)12/h2-8H,1H2,(H,15,17)(H2,14,16,18). The lowest BCUT2D eigenvalue weighted by Gasteiger charge is -2.12. The number of carbonyl (C=O) groups excluding carboxylic acids is 1. The first-order valence-electron chi connectivity index (χ1n) is 5.33. The molecule has 0 spiro atoms. The molecule has 1 amide bonds. The molecule has 0 atom stereocenters. The van der Waals surface area contributed by atoms with Crippen molar-refractivity contribution in [2.75, 3.05) is 5.32 Å². The first-order valence-corrected chi connectivity index (χ1v) is 5.74. The molecule has 18 heavy (non-hydrogen) atoms. The highest BCUT2D eigenvalue weighted by Gasteiger charge is 2.02. The first kappa shape index (κ1) is 12.3. The number of hydrazine groups is 1. The van der Waals surface area contributed by atoms with Gasteiger partial charge in [-0.05, 0) is 23.7 Å². The highest BCUT2D eigenvalue weighted by molar-refractivity contribution is 7.80. The van der Waals surface area contributed by atoms with Gasteiger partial charge in [-0.3, -0.25) is 15.6 Å². The van der Waals surface area contributed by atoms with Crippen LogP contribution in [-0.2, 0) is 4.79 Å². The van der Waals surface area contributed by atoms with Crippen LogP contribution in [0, 0.1) is 6.92 Å². The number of benzene rings is 2. The molecule has 0 unspecified atom stereocenters. The Labute approximate surface area is 110 Å². The Hall–Kier alpha value is -2.14. The Balaban J connectivity index is 2.16. The van der Waals surface area contributed by atoms with Crippen molar-refractivity contribution >= 4 is 39.7 Å². The topological polar surface area (TPSA) is 53.2 Å². The smallest absolute Gasteiger partial charge is 0.238 e. The molecule has 0 bridgehead atoms. The van der Waals surface area contributed by atoms with Crippen LogP contribution in [0.3, 0.4) is 0 Å². The summed E-state index contributed by atoms with van der Waals surface area (Å²) >= 11 is 5.05. The van der Waals surface area contributed by atoms with Crippen molar-refractivity contribution in [3.63, 3.8) is 0 Å². The molecule has 0 saturated carbocycles. The molecule has 91 valence electrons. The molecule has 0 aromatic heterocycles. The number of amides is 1. The minimum atomic E-state index is -0.447. The predicted octanol–water partition coefficient (Wildman–Crippen LogP) is 1.99. The largest absolute Gasteiger partial charge is 0.331 e. The van der Waals surface area contributed by atoms with E-state index in [2.05, 4.69) is 23.1 Å². The molecule has 2 aromatic carbocycles. The van der Waals surface area contributed by atoms with Gasteiger partial charge in [0.25, 0.3) is 0 Å². The Kier molecular flexibility index (Phi) is 3.74. The van der Waals surface area contributed by atoms with Crippen LogP contribution < -0.4 is 16.2 Å². The maximum Gasteiger partial charge on any atom is 0.238 e. The van der Waals surface area contributed by atoms with E-state index in [-0.39, 0.29) is 0 Å². The average Bonchev–Trinajstić information content (AvgIpc) is 2.37. The Bertz CT molecular complexity index is 592. The number of thiocarbonyl (C=S) groups is 1. The summed E-state index contributed by atoms with van der Waals surface area (Å²) in [5.74, 6) is -0.447. The monoisotopic (exact) mass is 258 g/mol. The van der Waals surface area contributed by atoms with Crippen LogP contribution >= 0.6 is 12.2 Å². The third-order valence-corrected chi connectivity index (χ3v) is 2.56. The molecule has 5 heteroatoms. The lowest BCUT2D eigenvalue weighted by molar-refractivity contribution is -0.117. The summed E-state index contributed by atoms with van der Waals surface area (Å²) in [6.45, 7) is 3.17. The van der Waals surface area contributed by atoms with E-state index in [0.717, 1.165) is 16.5 Å². The van der Waals surface area contributed by atoms with Gasteiger partial charge in [0.1, 0.15) is 0 Å². The van der Waals surface area contributed by atoms with Gasteiger partial charge >= 0.3 is 0 Å². The van der Waals surface area contributed by atoms with E-state index in [1.165, 1.54) is 0 Å². The molecule has 0 aliphatic rings. The number of nitrogens with one attached hydrogen (secondary N) is 3. The van der Waals surface area contributed by atoms with E-state index in [1.807, 2.05) is 42.5 Å². The summed E-state index contributed by atoms with van der Waals surface area (Å²) in [7, 11) is 0. The van der Waals surface area contributed by atoms with E-state index in [0.29, 0.717) is 5.11 Å². The molecule has 1 radical (unpaired) electrons. The Morgan fingerprint density at radius 1 is 1.06 bits per heavy atom. The third-order valence-electron chi connectivity index (χ3n) is 2.35. The number of hydrogen-bond donors (Lipinski definition) is 3. The van der Waals surface area contributed by atoms with Crippen molar-refractivity contribution in [2.45, 2.75) is 0 Å². The quantitative estimate of drug-likeness (QED) is 0.541. The van der Waals surface area contributed by atoms with Crippen LogP contribution in [-0.4, -0.2) is 11.0 Å². The lowest BCUT2D eigenvalue weighted by atomic mass is 10.1. The van der Waals surface area contributed by atoms with Gasteiger partial charge in [-0.2, -0.15) is 0 Å². The molecular formula is C13H12N3OS. The molecule has 3 N–H and O–H groups in total. The first-order chi connectivity index (χ1) is 8.66. The summed E-state index contributed by atoms with van der Waals surface area (Å²) in [5.41, 5.74) is 5.74. The van der Waals surface area contributed by atoms with Crippen molar-refractivity contribution in [2.24, 2.45) is 0 Å². The van der Waals surface area contributed by atoms with Gasteiger partial charge in [-0.25, -0.2) is 0 Å². The molecule has 0 saturated heterocycles. The highest BCUT2D eigenvalue weighted by Crippen LogP contribution is 2.22. The molecule has 0 aliphatic heterocycles. The predicted molar refractivity (Wildman–Crippen MR) is 76.8 cm³/mol. The van der Waals surface area contributed by atoms with Crippen LogP contribution in [0.1, 0.15) is 0 Å². The maximum atomic E-state index is 10.6. The summed E-state index contributed by atoms with van der Waals surface area (Å²) < 4.78 is 0. The van der Waals surface area contributed by atoms with E-state index in [1.54, 1.807) is 0 Å². The fourth-order valence-corrected chi connectivity index (χ4v) is 1.78. The van der Waals surface area contributed by atoms with Crippen molar-refractivity contribution < 1.29 is 4.79 Å². The van der Waals surface area contributed by atoms with Gasteiger partial charge < -0.3 is 5.32 Å². The average molecular weight is 258 g/mol. The van der Waals surface area contributed by atoms with E-state index < -0.39 is 5.91 Å². The molecule has 0 aliphatic carbocycles. The Morgan fingerprint density at radius 2 is 1.78 bits per heavy atom. The van der Waals surface area contributed by atoms with Crippen molar-refractivity contribution in [1.29, 1.82) is 0 Å².